The molecule has 1 saturated heterocycles. The van der Waals surface area contributed by atoms with Crippen LogP contribution in [0.4, 0.5) is 0 Å². The Morgan fingerprint density at radius 2 is 1.80 bits per heavy atom. The molecule has 1 amide bonds. The first-order valence-electron chi connectivity index (χ1n) is 5.36. The molecule has 0 atom stereocenters. The quantitative estimate of drug-likeness (QED) is 0.708. The Labute approximate surface area is 98.5 Å². The van der Waals surface area contributed by atoms with Gasteiger partial charge in [0.1, 0.15) is 0 Å². The van der Waals surface area contributed by atoms with Gasteiger partial charge in [-0.3, -0.25) is 0 Å². The molecule has 1 heterocycles. The van der Waals surface area contributed by atoms with Crippen LogP contribution in [0.25, 0.3) is 0 Å². The van der Waals surface area contributed by atoms with E-state index in [0.717, 1.165) is 4.73 Å². The van der Waals surface area contributed by atoms with Gasteiger partial charge in [0.05, 0.1) is 0 Å². The van der Waals surface area contributed by atoms with Gasteiger partial charge in [-0.1, -0.05) is 0 Å². The molecule has 0 aromatic heterocycles. The zero-order valence-electron chi connectivity index (χ0n) is 10.4. The van der Waals surface area contributed by atoms with E-state index in [1.807, 2.05) is 32.6 Å². The van der Waals surface area contributed by atoms with Crippen LogP contribution in [0.15, 0.2) is 4.99 Å². The van der Waals surface area contributed by atoms with Crippen molar-refractivity contribution in [2.75, 3.05) is 0 Å². The Hall–Kier alpha value is -0.341. The molecule has 0 spiro atoms. The first kappa shape index (κ1) is 12.7. The van der Waals surface area contributed by atoms with Crippen LogP contribution in [0.2, 0.25) is 4.31 Å². The maximum absolute atomic E-state index is 12.1. The molecule has 3 nitrogen and oxygen atoms in total. The molecule has 1 rings (SSSR count). The van der Waals surface area contributed by atoms with Gasteiger partial charge in [0.25, 0.3) is 0 Å². The van der Waals surface area contributed by atoms with Gasteiger partial charge in [-0.05, 0) is 0 Å². The molecule has 0 aliphatic carbocycles. The normalized spacial score (nSPS) is 23.6. The zero-order valence-corrected chi connectivity index (χ0v) is 12.1. The van der Waals surface area contributed by atoms with Gasteiger partial charge in [-0.2, -0.15) is 0 Å². The third-order valence-corrected chi connectivity index (χ3v) is 4.63. The summed E-state index contributed by atoms with van der Waals surface area (Å²) < 4.78 is 0.799. The average Bonchev–Trinajstić information content (AvgIpc) is 2.20. The van der Waals surface area contributed by atoms with Crippen LogP contribution in [0.5, 0.6) is 0 Å². The second kappa shape index (κ2) is 4.26. The van der Waals surface area contributed by atoms with Gasteiger partial charge in [-0.15, -0.1) is 0 Å². The van der Waals surface area contributed by atoms with Crippen molar-refractivity contribution >= 4 is 25.6 Å². The molecular formula is C11H20N2OSe. The molecule has 1 aliphatic heterocycles. The van der Waals surface area contributed by atoms with E-state index in [4.69, 9.17) is 0 Å². The summed E-state index contributed by atoms with van der Waals surface area (Å²) in [6.45, 7) is 12.2. The molecule has 1 aliphatic rings. The summed E-state index contributed by atoms with van der Waals surface area (Å²) in [6.07, 6.45) is 0. The summed E-state index contributed by atoms with van der Waals surface area (Å²) in [5.41, 5.74) is 0. The first-order chi connectivity index (χ1) is 6.75. The summed E-state index contributed by atoms with van der Waals surface area (Å²) in [4.78, 5) is 18.6. The first-order valence-corrected chi connectivity index (χ1v) is 7.07. The van der Waals surface area contributed by atoms with Crippen molar-refractivity contribution in [3.05, 3.63) is 0 Å². The summed E-state index contributed by atoms with van der Waals surface area (Å²) in [7, 11) is 0. The third-order valence-electron chi connectivity index (χ3n) is 2.17. The van der Waals surface area contributed by atoms with Gasteiger partial charge in [-0.25, -0.2) is 0 Å². The molecule has 1 fully saturated rings. The predicted molar refractivity (Wildman–Crippen MR) is 64.3 cm³/mol. The van der Waals surface area contributed by atoms with Gasteiger partial charge >= 0.3 is 98.2 Å². The fourth-order valence-corrected chi connectivity index (χ4v) is 4.19. The van der Waals surface area contributed by atoms with Crippen LogP contribution < -0.4 is 0 Å². The fraction of sp³-hybridized carbons (Fsp3) is 0.818. The minimum absolute atomic E-state index is 0.165. The molecule has 4 heteroatoms. The molecule has 0 radical (unpaired) electrons. The van der Waals surface area contributed by atoms with Crippen molar-refractivity contribution in [1.29, 1.82) is 0 Å². The molecular weight excluding hydrogens is 255 g/mol. The average molecular weight is 275 g/mol. The van der Waals surface area contributed by atoms with Crippen molar-refractivity contribution in [1.82, 2.24) is 4.90 Å². The topological polar surface area (TPSA) is 32.7 Å². The summed E-state index contributed by atoms with van der Waals surface area (Å²) in [5, 5.41) is 0. The number of hydrogen-bond donors (Lipinski definition) is 0. The van der Waals surface area contributed by atoms with E-state index < -0.39 is 0 Å². The molecule has 0 aromatic carbocycles. The number of aliphatic imine (C=N–C) groups is 1. The van der Waals surface area contributed by atoms with Crippen molar-refractivity contribution in [2.45, 2.75) is 57.9 Å². The van der Waals surface area contributed by atoms with Gasteiger partial charge in [0.2, 0.25) is 0 Å². The summed E-state index contributed by atoms with van der Waals surface area (Å²) >= 11 is 0.165. The van der Waals surface area contributed by atoms with E-state index in [9.17, 15) is 4.79 Å². The minimum atomic E-state index is -0.217. The molecule has 15 heavy (non-hydrogen) atoms. The van der Waals surface area contributed by atoms with Crippen LogP contribution in [0.3, 0.4) is 0 Å². The van der Waals surface area contributed by atoms with Crippen LogP contribution in [-0.4, -0.2) is 42.6 Å². The molecule has 0 bridgehead atoms. The third kappa shape index (κ3) is 2.61. The van der Waals surface area contributed by atoms with Crippen LogP contribution in [-0.2, 0) is 4.79 Å². The number of amides is 1. The monoisotopic (exact) mass is 276 g/mol. The Morgan fingerprint density at radius 1 is 1.27 bits per heavy atom. The number of carbonyl (C=O) groups excluding carboxylic acids is 1. The molecule has 0 unspecified atom stereocenters. The molecule has 0 saturated carbocycles. The number of nitrogens with zero attached hydrogens (tertiary/aromatic N) is 2. The van der Waals surface area contributed by atoms with Crippen LogP contribution in [0, 0.1) is 0 Å². The number of carbonyl (C=O) groups is 1. The van der Waals surface area contributed by atoms with Gasteiger partial charge < -0.3 is 0 Å². The van der Waals surface area contributed by atoms with Crippen molar-refractivity contribution < 1.29 is 4.79 Å². The SMILES string of the molecule is CC(C)/N=C1\[Se]C(C)(C)C(=O)N1C(C)C. The Kier molecular flexibility index (Phi) is 3.62. The number of hydrogen-bond acceptors (Lipinski definition) is 2. The van der Waals surface area contributed by atoms with Crippen molar-refractivity contribution in [3.8, 4) is 0 Å². The number of rotatable bonds is 2. The summed E-state index contributed by atoms with van der Waals surface area (Å²) in [6, 6.07) is 0.489. The molecule has 0 N–H and O–H groups in total. The van der Waals surface area contributed by atoms with Crippen molar-refractivity contribution in [3.63, 3.8) is 0 Å². The molecule has 0 aromatic rings. The Bertz CT molecular complexity index is 295. The van der Waals surface area contributed by atoms with Crippen LogP contribution in [0.1, 0.15) is 41.5 Å². The second-order valence-electron chi connectivity index (χ2n) is 4.89. The maximum atomic E-state index is 12.1. The van der Waals surface area contributed by atoms with E-state index in [-0.39, 0.29) is 37.3 Å². The van der Waals surface area contributed by atoms with E-state index in [2.05, 4.69) is 18.8 Å². The predicted octanol–water partition coefficient (Wildman–Crippen LogP) is 1.90. The Morgan fingerprint density at radius 3 is 2.20 bits per heavy atom. The van der Waals surface area contributed by atoms with E-state index >= 15 is 0 Å². The van der Waals surface area contributed by atoms with E-state index in [1.54, 1.807) is 0 Å². The summed E-state index contributed by atoms with van der Waals surface area (Å²) in [5.74, 6) is 0.233. The second-order valence-corrected chi connectivity index (χ2v) is 8.22. The van der Waals surface area contributed by atoms with Gasteiger partial charge in [0.15, 0.2) is 0 Å². The standard InChI is InChI=1S/C11H20N2OSe/c1-7(2)12-10-13(8(3)4)9(14)11(5,6)15-10/h7-8H,1-6H3/b12-10-. The van der Waals surface area contributed by atoms with Crippen LogP contribution >= 0.6 is 0 Å². The van der Waals surface area contributed by atoms with E-state index in [1.165, 1.54) is 0 Å². The van der Waals surface area contributed by atoms with Crippen molar-refractivity contribution in [2.24, 2.45) is 4.99 Å². The van der Waals surface area contributed by atoms with E-state index in [0.29, 0.717) is 0 Å². The fourth-order valence-electron chi connectivity index (χ4n) is 1.46. The van der Waals surface area contributed by atoms with Gasteiger partial charge in [0, 0.05) is 0 Å². The molecule has 86 valence electrons. The zero-order chi connectivity index (χ0) is 11.8. The number of amidine groups is 1. The Balaban J connectivity index is 3.04.